The van der Waals surface area contributed by atoms with Crippen molar-refractivity contribution in [2.24, 2.45) is 0 Å². The first-order chi connectivity index (χ1) is 8.16. The summed E-state index contributed by atoms with van der Waals surface area (Å²) in [6.45, 7) is 4.00. The van der Waals surface area contributed by atoms with E-state index < -0.39 is 0 Å². The fourth-order valence-electron chi connectivity index (χ4n) is 1.69. The Kier molecular flexibility index (Phi) is 3.55. The largest absolute Gasteiger partial charge is 0.371 e. The van der Waals surface area contributed by atoms with Crippen LogP contribution in [0.1, 0.15) is 24.2 Å². The highest BCUT2D eigenvalue weighted by molar-refractivity contribution is 6.00. The van der Waals surface area contributed by atoms with Gasteiger partial charge in [-0.2, -0.15) is 0 Å². The van der Waals surface area contributed by atoms with Gasteiger partial charge in [0.05, 0.1) is 6.10 Å². The molecule has 0 unspecified atom stereocenters. The van der Waals surface area contributed by atoms with E-state index in [1.165, 1.54) is 0 Å². The predicted octanol–water partition coefficient (Wildman–Crippen LogP) is 3.45. The van der Waals surface area contributed by atoms with Crippen LogP contribution in [0.5, 0.6) is 0 Å². The van der Waals surface area contributed by atoms with E-state index in [-0.39, 0.29) is 18.5 Å². The van der Waals surface area contributed by atoms with Crippen LogP contribution in [0.15, 0.2) is 42.5 Å². The van der Waals surface area contributed by atoms with Crippen LogP contribution in [-0.4, -0.2) is 18.5 Å². The number of Topliss-reactive ketones (excluding diaryl/α,β-unsaturated/α-hetero) is 1. The monoisotopic (exact) mass is 228 g/mol. The zero-order valence-corrected chi connectivity index (χ0v) is 10.1. The second-order valence-electron chi connectivity index (χ2n) is 4.34. The number of carbonyl (C=O) groups excluding carboxylic acids is 1. The molecular weight excluding hydrogens is 212 g/mol. The normalized spacial score (nSPS) is 11.0. The number of fused-ring (bicyclic) bond motifs is 1. The van der Waals surface area contributed by atoms with Crippen LogP contribution >= 0.6 is 0 Å². The summed E-state index contributed by atoms with van der Waals surface area (Å²) in [7, 11) is 0. The Morgan fingerprint density at radius 3 is 2.53 bits per heavy atom. The molecule has 0 aliphatic rings. The van der Waals surface area contributed by atoms with Gasteiger partial charge in [-0.05, 0) is 30.7 Å². The molecule has 0 fully saturated rings. The van der Waals surface area contributed by atoms with Crippen molar-refractivity contribution in [1.29, 1.82) is 0 Å². The first-order valence-corrected chi connectivity index (χ1v) is 5.80. The predicted molar refractivity (Wildman–Crippen MR) is 69.4 cm³/mol. The van der Waals surface area contributed by atoms with Gasteiger partial charge in [-0.15, -0.1) is 0 Å². The highest BCUT2D eigenvalue weighted by atomic mass is 16.5. The second kappa shape index (κ2) is 5.11. The maximum Gasteiger partial charge on any atom is 0.188 e. The lowest BCUT2D eigenvalue weighted by molar-refractivity contribution is 0.0585. The summed E-state index contributed by atoms with van der Waals surface area (Å²) in [5, 5.41) is 2.23. The maximum absolute atomic E-state index is 11.9. The van der Waals surface area contributed by atoms with Crippen molar-refractivity contribution in [3.63, 3.8) is 0 Å². The van der Waals surface area contributed by atoms with Crippen molar-refractivity contribution < 1.29 is 9.53 Å². The van der Waals surface area contributed by atoms with Crippen LogP contribution in [0.25, 0.3) is 10.8 Å². The van der Waals surface area contributed by atoms with Crippen molar-refractivity contribution in [3.8, 4) is 0 Å². The molecule has 2 aromatic rings. The Balaban J connectivity index is 2.21. The van der Waals surface area contributed by atoms with Crippen LogP contribution in [0.4, 0.5) is 0 Å². The fourth-order valence-corrected chi connectivity index (χ4v) is 1.69. The van der Waals surface area contributed by atoms with E-state index in [4.69, 9.17) is 4.74 Å². The van der Waals surface area contributed by atoms with E-state index in [9.17, 15) is 4.79 Å². The van der Waals surface area contributed by atoms with Crippen LogP contribution in [-0.2, 0) is 4.74 Å². The van der Waals surface area contributed by atoms with Gasteiger partial charge in [-0.25, -0.2) is 0 Å². The summed E-state index contributed by atoms with van der Waals surface area (Å²) in [5.74, 6) is 0.0319. The van der Waals surface area contributed by atoms with Gasteiger partial charge in [-0.1, -0.05) is 36.4 Å². The molecule has 0 saturated carbocycles. The molecule has 2 nitrogen and oxygen atoms in total. The zero-order chi connectivity index (χ0) is 12.3. The van der Waals surface area contributed by atoms with Crippen molar-refractivity contribution in [1.82, 2.24) is 0 Å². The van der Waals surface area contributed by atoms with Gasteiger partial charge in [0.1, 0.15) is 6.61 Å². The maximum atomic E-state index is 11.9. The molecule has 2 rings (SSSR count). The molecule has 0 aliphatic carbocycles. The number of hydrogen-bond donors (Lipinski definition) is 0. The second-order valence-corrected chi connectivity index (χ2v) is 4.34. The fraction of sp³-hybridized carbons (Fsp3) is 0.267. The number of benzene rings is 2. The van der Waals surface area contributed by atoms with Crippen LogP contribution in [0.2, 0.25) is 0 Å². The molecule has 2 heteroatoms. The molecule has 0 radical (unpaired) electrons. The molecular formula is C15H16O2. The minimum Gasteiger partial charge on any atom is -0.371 e. The van der Waals surface area contributed by atoms with Crippen molar-refractivity contribution in [3.05, 3.63) is 48.0 Å². The Morgan fingerprint density at radius 1 is 1.12 bits per heavy atom. The van der Waals surface area contributed by atoms with E-state index in [1.54, 1.807) is 0 Å². The third kappa shape index (κ3) is 2.92. The zero-order valence-electron chi connectivity index (χ0n) is 10.1. The number of ketones is 1. The lowest BCUT2D eigenvalue weighted by Crippen LogP contribution is -2.13. The topological polar surface area (TPSA) is 26.3 Å². The first-order valence-electron chi connectivity index (χ1n) is 5.80. The SMILES string of the molecule is CC(C)OCC(=O)c1ccc2ccccc2c1. The van der Waals surface area contributed by atoms with Gasteiger partial charge in [0.15, 0.2) is 5.78 Å². The third-order valence-electron chi connectivity index (χ3n) is 2.62. The lowest BCUT2D eigenvalue weighted by atomic mass is 10.0. The Labute approximate surface area is 101 Å². The van der Waals surface area contributed by atoms with Crippen molar-refractivity contribution >= 4 is 16.6 Å². The summed E-state index contributed by atoms with van der Waals surface area (Å²) >= 11 is 0. The quantitative estimate of drug-likeness (QED) is 0.749. The average molecular weight is 228 g/mol. The standard InChI is InChI=1S/C15H16O2/c1-11(2)17-10-15(16)14-8-7-12-5-3-4-6-13(12)9-14/h3-9,11H,10H2,1-2H3. The van der Waals surface area contributed by atoms with Crippen LogP contribution in [0.3, 0.4) is 0 Å². The summed E-state index contributed by atoms with van der Waals surface area (Å²) in [5.41, 5.74) is 0.712. The van der Waals surface area contributed by atoms with E-state index in [2.05, 4.69) is 0 Å². The third-order valence-corrected chi connectivity index (χ3v) is 2.62. The first kappa shape index (κ1) is 11.8. The smallest absolute Gasteiger partial charge is 0.188 e. The average Bonchev–Trinajstić information content (AvgIpc) is 2.35. The summed E-state index contributed by atoms with van der Waals surface area (Å²) in [4.78, 5) is 11.9. The molecule has 0 spiro atoms. The Bertz CT molecular complexity index is 529. The summed E-state index contributed by atoms with van der Waals surface area (Å²) in [6.07, 6.45) is 0.0828. The summed E-state index contributed by atoms with van der Waals surface area (Å²) < 4.78 is 5.32. The van der Waals surface area contributed by atoms with Gasteiger partial charge in [0, 0.05) is 5.56 Å². The highest BCUT2D eigenvalue weighted by Gasteiger charge is 2.07. The number of carbonyl (C=O) groups is 1. The van der Waals surface area contributed by atoms with E-state index in [1.807, 2.05) is 56.3 Å². The number of ether oxygens (including phenoxy) is 1. The molecule has 0 aromatic heterocycles. The Morgan fingerprint density at radius 2 is 1.82 bits per heavy atom. The van der Waals surface area contributed by atoms with Crippen LogP contribution in [0, 0.1) is 0 Å². The van der Waals surface area contributed by atoms with Gasteiger partial charge in [-0.3, -0.25) is 4.79 Å². The van der Waals surface area contributed by atoms with Gasteiger partial charge in [0.25, 0.3) is 0 Å². The minimum atomic E-state index is 0.0319. The van der Waals surface area contributed by atoms with Crippen molar-refractivity contribution in [2.45, 2.75) is 20.0 Å². The van der Waals surface area contributed by atoms with Gasteiger partial charge < -0.3 is 4.74 Å². The van der Waals surface area contributed by atoms with E-state index in [0.29, 0.717) is 5.56 Å². The molecule has 88 valence electrons. The molecule has 0 atom stereocenters. The number of hydrogen-bond acceptors (Lipinski definition) is 2. The molecule has 0 N–H and O–H groups in total. The molecule has 0 aliphatic heterocycles. The van der Waals surface area contributed by atoms with E-state index in [0.717, 1.165) is 10.8 Å². The number of rotatable bonds is 4. The molecule has 0 heterocycles. The molecule has 0 bridgehead atoms. The molecule has 0 saturated heterocycles. The van der Waals surface area contributed by atoms with Gasteiger partial charge >= 0.3 is 0 Å². The molecule has 2 aromatic carbocycles. The Hall–Kier alpha value is -1.67. The van der Waals surface area contributed by atoms with Crippen LogP contribution < -0.4 is 0 Å². The lowest BCUT2D eigenvalue weighted by Gasteiger charge is -2.07. The van der Waals surface area contributed by atoms with Gasteiger partial charge in [0.2, 0.25) is 0 Å². The molecule has 17 heavy (non-hydrogen) atoms. The van der Waals surface area contributed by atoms with Crippen molar-refractivity contribution in [2.75, 3.05) is 6.61 Å². The van der Waals surface area contributed by atoms with E-state index >= 15 is 0 Å². The highest BCUT2D eigenvalue weighted by Crippen LogP contribution is 2.16. The summed E-state index contributed by atoms with van der Waals surface area (Å²) in [6, 6.07) is 13.8. The molecule has 0 amide bonds. The minimum absolute atomic E-state index is 0.0319.